The fourth-order valence-corrected chi connectivity index (χ4v) is 1.93. The lowest BCUT2D eigenvalue weighted by Gasteiger charge is -2.21. The average molecular weight is 330 g/mol. The third-order valence-corrected chi connectivity index (χ3v) is 3.02. The van der Waals surface area contributed by atoms with Crippen LogP contribution in [-0.4, -0.2) is 22.9 Å². The summed E-state index contributed by atoms with van der Waals surface area (Å²) in [7, 11) is 0. The Morgan fingerprint density at radius 3 is 2.32 bits per heavy atom. The first-order valence-corrected chi connectivity index (χ1v) is 7.25. The molecule has 0 aliphatic rings. The van der Waals surface area contributed by atoms with Gasteiger partial charge in [0.2, 0.25) is 0 Å². The number of halogens is 1. The topological polar surface area (TPSA) is 41.5 Å². The maximum absolute atomic E-state index is 9.65. The Morgan fingerprint density at radius 1 is 1.21 bits per heavy atom. The predicted octanol–water partition coefficient (Wildman–Crippen LogP) is 3.49. The third-order valence-electron chi connectivity index (χ3n) is 2.40. The number of ether oxygens (including phenoxy) is 1. The highest BCUT2D eigenvalue weighted by Gasteiger charge is 2.15. The molecular weight excluding hydrogens is 306 g/mol. The van der Waals surface area contributed by atoms with Crippen molar-refractivity contribution in [1.29, 1.82) is 0 Å². The molecule has 0 atom stereocenters. The molecule has 2 N–H and O–H groups in total. The molecule has 0 spiro atoms. The molecule has 0 aliphatic heterocycles. The van der Waals surface area contributed by atoms with Crippen LogP contribution in [0, 0.1) is 0 Å². The van der Waals surface area contributed by atoms with Gasteiger partial charge in [-0.3, -0.25) is 0 Å². The van der Waals surface area contributed by atoms with E-state index >= 15 is 0 Å². The van der Waals surface area contributed by atoms with E-state index in [4.69, 9.17) is 4.74 Å². The molecule has 1 aromatic rings. The zero-order valence-electron chi connectivity index (χ0n) is 12.4. The largest absolute Gasteiger partial charge is 0.489 e. The lowest BCUT2D eigenvalue weighted by molar-refractivity contribution is 0.0282. The molecule has 1 aromatic carbocycles. The van der Waals surface area contributed by atoms with Gasteiger partial charge in [-0.25, -0.2) is 0 Å². The van der Waals surface area contributed by atoms with Crippen molar-refractivity contribution < 1.29 is 9.84 Å². The summed E-state index contributed by atoms with van der Waals surface area (Å²) in [5.41, 5.74) is 0.464. The molecule has 0 radical (unpaired) electrons. The molecule has 0 saturated heterocycles. The fourth-order valence-electron chi connectivity index (χ4n) is 1.39. The number of hydrogen-bond acceptors (Lipinski definition) is 3. The molecule has 0 saturated carbocycles. The maximum Gasteiger partial charge on any atom is 0.133 e. The first kappa shape index (κ1) is 16.5. The molecule has 19 heavy (non-hydrogen) atoms. The summed E-state index contributed by atoms with van der Waals surface area (Å²) in [6.07, 6.45) is 0. The standard InChI is InChI=1S/C15H24BrNO2/c1-14(2,3)17-9-11-6-7-13(12(16)8-11)19-10-15(4,5)18/h6-8,17-18H,9-10H2,1-5H3. The Morgan fingerprint density at radius 2 is 1.84 bits per heavy atom. The summed E-state index contributed by atoms with van der Waals surface area (Å²) in [6, 6.07) is 6.00. The Balaban J connectivity index is 2.64. The number of aliphatic hydroxyl groups is 1. The average Bonchev–Trinajstić information content (AvgIpc) is 2.22. The summed E-state index contributed by atoms with van der Waals surface area (Å²) in [6.45, 7) is 11.0. The van der Waals surface area contributed by atoms with Crippen molar-refractivity contribution in [1.82, 2.24) is 5.32 Å². The Labute approximate surface area is 124 Å². The molecule has 0 aromatic heterocycles. The zero-order valence-corrected chi connectivity index (χ0v) is 14.0. The number of hydrogen-bond donors (Lipinski definition) is 2. The minimum Gasteiger partial charge on any atom is -0.489 e. The third kappa shape index (κ3) is 6.95. The van der Waals surface area contributed by atoms with Crippen LogP contribution in [0.3, 0.4) is 0 Å². The second-order valence-electron chi connectivity index (χ2n) is 6.47. The number of rotatable bonds is 5. The van der Waals surface area contributed by atoms with Crippen LogP contribution >= 0.6 is 15.9 Å². The molecule has 0 unspecified atom stereocenters. The van der Waals surface area contributed by atoms with Gasteiger partial charge in [0.05, 0.1) is 10.1 Å². The van der Waals surface area contributed by atoms with Crippen LogP contribution in [-0.2, 0) is 6.54 Å². The Bertz CT molecular complexity index is 419. The molecule has 0 fully saturated rings. The molecule has 4 heteroatoms. The van der Waals surface area contributed by atoms with E-state index < -0.39 is 5.60 Å². The highest BCUT2D eigenvalue weighted by molar-refractivity contribution is 9.10. The maximum atomic E-state index is 9.65. The van der Waals surface area contributed by atoms with Crippen LogP contribution in [0.25, 0.3) is 0 Å². The minimum atomic E-state index is -0.827. The monoisotopic (exact) mass is 329 g/mol. The summed E-state index contributed by atoms with van der Waals surface area (Å²) >= 11 is 3.50. The van der Waals surface area contributed by atoms with E-state index in [1.54, 1.807) is 13.8 Å². The van der Waals surface area contributed by atoms with Crippen molar-refractivity contribution in [3.63, 3.8) is 0 Å². The van der Waals surface area contributed by atoms with Crippen molar-refractivity contribution in [2.45, 2.75) is 52.3 Å². The summed E-state index contributed by atoms with van der Waals surface area (Å²) in [4.78, 5) is 0. The van der Waals surface area contributed by atoms with Gasteiger partial charge in [0.25, 0.3) is 0 Å². The van der Waals surface area contributed by atoms with Crippen LogP contribution in [0.15, 0.2) is 22.7 Å². The predicted molar refractivity (Wildman–Crippen MR) is 82.5 cm³/mol. The molecule has 1 rings (SSSR count). The first-order chi connectivity index (χ1) is 8.57. The van der Waals surface area contributed by atoms with Crippen LogP contribution in [0.4, 0.5) is 0 Å². The lowest BCUT2D eigenvalue weighted by atomic mass is 10.1. The molecule has 0 heterocycles. The molecule has 0 aliphatic carbocycles. The van der Waals surface area contributed by atoms with Gasteiger partial charge in [-0.05, 0) is 68.2 Å². The first-order valence-electron chi connectivity index (χ1n) is 6.45. The van der Waals surface area contributed by atoms with E-state index in [1.807, 2.05) is 18.2 Å². The van der Waals surface area contributed by atoms with Gasteiger partial charge in [0.1, 0.15) is 12.4 Å². The highest BCUT2D eigenvalue weighted by atomic mass is 79.9. The van der Waals surface area contributed by atoms with Crippen LogP contribution in [0.2, 0.25) is 0 Å². The second kappa shape index (κ2) is 6.25. The number of benzene rings is 1. The van der Waals surface area contributed by atoms with E-state index in [0.717, 1.165) is 16.8 Å². The van der Waals surface area contributed by atoms with E-state index in [-0.39, 0.29) is 12.1 Å². The minimum absolute atomic E-state index is 0.0998. The van der Waals surface area contributed by atoms with E-state index in [9.17, 15) is 5.11 Å². The normalized spacial score (nSPS) is 12.6. The van der Waals surface area contributed by atoms with Gasteiger partial charge in [-0.1, -0.05) is 6.07 Å². The highest BCUT2D eigenvalue weighted by Crippen LogP contribution is 2.27. The molecule has 0 amide bonds. The lowest BCUT2D eigenvalue weighted by Crippen LogP contribution is -2.35. The van der Waals surface area contributed by atoms with Crippen molar-refractivity contribution in [2.24, 2.45) is 0 Å². The summed E-state index contributed by atoms with van der Waals surface area (Å²) in [5.74, 6) is 0.752. The molecule has 3 nitrogen and oxygen atoms in total. The van der Waals surface area contributed by atoms with E-state index in [0.29, 0.717) is 0 Å². The van der Waals surface area contributed by atoms with Gasteiger partial charge in [-0.2, -0.15) is 0 Å². The molecule has 0 bridgehead atoms. The number of nitrogens with one attached hydrogen (secondary N) is 1. The smallest absolute Gasteiger partial charge is 0.133 e. The second-order valence-corrected chi connectivity index (χ2v) is 7.32. The Kier molecular flexibility index (Phi) is 5.42. The van der Waals surface area contributed by atoms with Gasteiger partial charge >= 0.3 is 0 Å². The van der Waals surface area contributed by atoms with Crippen molar-refractivity contribution in [2.75, 3.05) is 6.61 Å². The van der Waals surface area contributed by atoms with Crippen LogP contribution in [0.1, 0.15) is 40.2 Å². The van der Waals surface area contributed by atoms with Gasteiger partial charge in [0, 0.05) is 12.1 Å². The van der Waals surface area contributed by atoms with Crippen LogP contribution in [0.5, 0.6) is 5.75 Å². The van der Waals surface area contributed by atoms with Gasteiger partial charge in [0.15, 0.2) is 0 Å². The molecular formula is C15H24BrNO2. The zero-order chi connectivity index (χ0) is 14.7. The van der Waals surface area contributed by atoms with Crippen molar-refractivity contribution in [3.05, 3.63) is 28.2 Å². The SMILES string of the molecule is CC(C)(O)COc1ccc(CNC(C)(C)C)cc1Br. The Hall–Kier alpha value is -0.580. The summed E-state index contributed by atoms with van der Waals surface area (Å²) < 4.78 is 6.49. The van der Waals surface area contributed by atoms with E-state index in [2.05, 4.69) is 42.0 Å². The van der Waals surface area contributed by atoms with Crippen LogP contribution < -0.4 is 10.1 Å². The van der Waals surface area contributed by atoms with Gasteiger partial charge in [-0.15, -0.1) is 0 Å². The fraction of sp³-hybridized carbons (Fsp3) is 0.600. The quantitative estimate of drug-likeness (QED) is 0.868. The van der Waals surface area contributed by atoms with Crippen molar-refractivity contribution >= 4 is 15.9 Å². The molecule has 108 valence electrons. The van der Waals surface area contributed by atoms with Gasteiger partial charge < -0.3 is 15.2 Å². The summed E-state index contributed by atoms with van der Waals surface area (Å²) in [5, 5.41) is 13.1. The van der Waals surface area contributed by atoms with Crippen molar-refractivity contribution in [3.8, 4) is 5.75 Å². The van der Waals surface area contributed by atoms with E-state index in [1.165, 1.54) is 5.56 Å².